The van der Waals surface area contributed by atoms with Gasteiger partial charge in [-0.15, -0.1) is 0 Å². The summed E-state index contributed by atoms with van der Waals surface area (Å²) in [6.07, 6.45) is 0. The van der Waals surface area contributed by atoms with Gasteiger partial charge < -0.3 is 9.13 Å². The molecule has 6 heterocycles. The van der Waals surface area contributed by atoms with Crippen LogP contribution in [0.5, 0.6) is 0 Å². The van der Waals surface area contributed by atoms with Crippen molar-refractivity contribution in [3.8, 4) is 79.7 Å². The minimum atomic E-state index is -0.419. The zero-order chi connectivity index (χ0) is 49.5. The standard InChI is InChI=1S/C66H46N8/c1-65(2)48-29-17-19-31-52(48)74-54-38-46-45-35-43(63-69-59(39-21-9-5-10-22-39)67-60(70-63)40-23-11-6-12-24-40)33-34-51(45)73-53-32-20-18-30-49(53)66(3,4)56(58(46)73)55(54)47-36-44(37-50(65)57(47)74)64-71-61(41-25-13-7-14-26-41)68-62(72-64)42-27-15-8-16-28-42/h5-38H,1-4H3. The van der Waals surface area contributed by atoms with Crippen LogP contribution in [0.15, 0.2) is 206 Å². The number of aromatic nitrogens is 8. The van der Waals surface area contributed by atoms with E-state index in [9.17, 15) is 0 Å². The molecule has 350 valence electrons. The first-order chi connectivity index (χ1) is 36.2. The van der Waals surface area contributed by atoms with Gasteiger partial charge in [0.25, 0.3) is 0 Å². The number of nitrogens with zero attached hydrogens (tertiary/aromatic N) is 8. The summed E-state index contributed by atoms with van der Waals surface area (Å²) >= 11 is 0. The molecule has 2 aliphatic rings. The van der Waals surface area contributed by atoms with Crippen LogP contribution < -0.4 is 0 Å². The zero-order valence-corrected chi connectivity index (χ0v) is 41.2. The van der Waals surface area contributed by atoms with Crippen LogP contribution in [0, 0.1) is 0 Å². The summed E-state index contributed by atoms with van der Waals surface area (Å²) in [5, 5.41) is 4.71. The number of para-hydroxylation sites is 2. The maximum absolute atomic E-state index is 5.31. The largest absolute Gasteiger partial charge is 0.309 e. The van der Waals surface area contributed by atoms with Gasteiger partial charge in [0.1, 0.15) is 0 Å². The quantitative estimate of drug-likeness (QED) is 0.165. The van der Waals surface area contributed by atoms with Gasteiger partial charge in [-0.05, 0) is 70.8 Å². The van der Waals surface area contributed by atoms with Crippen LogP contribution in [0.25, 0.3) is 123 Å². The second kappa shape index (κ2) is 15.6. The van der Waals surface area contributed by atoms with Crippen LogP contribution in [0.1, 0.15) is 49.9 Å². The number of rotatable bonds is 6. The van der Waals surface area contributed by atoms with E-state index in [1.807, 2.05) is 72.8 Å². The topological polar surface area (TPSA) is 87.2 Å². The minimum Gasteiger partial charge on any atom is -0.309 e. The molecule has 0 spiro atoms. The number of hydrogen-bond acceptors (Lipinski definition) is 6. The third kappa shape index (κ3) is 6.08. The van der Waals surface area contributed by atoms with Crippen LogP contribution in [-0.4, -0.2) is 39.0 Å². The van der Waals surface area contributed by atoms with Crippen molar-refractivity contribution in [3.63, 3.8) is 0 Å². The summed E-state index contributed by atoms with van der Waals surface area (Å²) in [7, 11) is 0. The lowest BCUT2D eigenvalue weighted by Crippen LogP contribution is -2.26. The van der Waals surface area contributed by atoms with E-state index in [-0.39, 0.29) is 5.41 Å². The molecule has 74 heavy (non-hydrogen) atoms. The monoisotopic (exact) mass is 950 g/mol. The van der Waals surface area contributed by atoms with E-state index < -0.39 is 5.41 Å². The maximum atomic E-state index is 5.31. The van der Waals surface area contributed by atoms with Crippen molar-refractivity contribution in [2.75, 3.05) is 0 Å². The molecule has 0 N–H and O–H groups in total. The Bertz CT molecular complexity index is 4340. The third-order valence-electron chi connectivity index (χ3n) is 15.7. The lowest BCUT2D eigenvalue weighted by atomic mass is 9.72. The van der Waals surface area contributed by atoms with Crippen LogP contribution in [-0.2, 0) is 10.8 Å². The van der Waals surface area contributed by atoms with E-state index in [0.717, 1.165) is 49.8 Å². The fraction of sp³-hybridized carbons (Fsp3) is 0.0909. The van der Waals surface area contributed by atoms with Crippen molar-refractivity contribution in [2.45, 2.75) is 38.5 Å². The van der Waals surface area contributed by atoms with Crippen molar-refractivity contribution in [2.24, 2.45) is 0 Å². The number of hydrogen-bond donors (Lipinski definition) is 0. The summed E-state index contributed by atoms with van der Waals surface area (Å²) in [5.41, 5.74) is 16.9. The summed E-state index contributed by atoms with van der Waals surface area (Å²) in [6, 6.07) is 72.7. The molecule has 8 nitrogen and oxygen atoms in total. The molecule has 0 saturated heterocycles. The average molecular weight is 951 g/mol. The fourth-order valence-corrected chi connectivity index (χ4v) is 12.2. The van der Waals surface area contributed by atoms with Crippen molar-refractivity contribution in [1.29, 1.82) is 0 Å². The van der Waals surface area contributed by atoms with Crippen LogP contribution in [0.3, 0.4) is 0 Å². The molecule has 9 aromatic carbocycles. The second-order valence-corrected chi connectivity index (χ2v) is 20.7. The number of fused-ring (bicyclic) bond motifs is 11. The Hall–Kier alpha value is -9.40. The maximum Gasteiger partial charge on any atom is 0.164 e. The average Bonchev–Trinajstić information content (AvgIpc) is 3.99. The molecule has 0 radical (unpaired) electrons. The van der Waals surface area contributed by atoms with E-state index in [1.54, 1.807) is 0 Å². The molecular weight excluding hydrogens is 905 g/mol. The van der Waals surface area contributed by atoms with Gasteiger partial charge in [-0.1, -0.05) is 185 Å². The first-order valence-electron chi connectivity index (χ1n) is 25.3. The van der Waals surface area contributed by atoms with E-state index in [0.29, 0.717) is 34.9 Å². The highest BCUT2D eigenvalue weighted by molar-refractivity contribution is 6.24. The van der Waals surface area contributed by atoms with Crippen molar-refractivity contribution in [1.82, 2.24) is 39.0 Å². The Labute approximate surface area is 427 Å². The normalized spacial score (nSPS) is 13.9. The SMILES string of the molecule is CC1(C)c2ccccc2-n2c3ccc(-c4nc(-c5ccccc5)nc(-c5ccccc5)n4)cc3c3cc4c(c1c32)c1cc(-c2nc(-c3ccccc3)nc(-c3ccccc3)n2)cc2c1n4-c1ccccc1C2(C)C. The molecule has 2 aliphatic heterocycles. The van der Waals surface area contributed by atoms with Crippen molar-refractivity contribution < 1.29 is 0 Å². The van der Waals surface area contributed by atoms with Crippen LogP contribution >= 0.6 is 0 Å². The summed E-state index contributed by atoms with van der Waals surface area (Å²) < 4.78 is 5.06. The molecule has 15 rings (SSSR count). The lowest BCUT2D eigenvalue weighted by Gasteiger charge is -2.35. The van der Waals surface area contributed by atoms with Gasteiger partial charge in [-0.2, -0.15) is 0 Å². The van der Waals surface area contributed by atoms with Gasteiger partial charge in [-0.25, -0.2) is 29.9 Å². The molecule has 0 saturated carbocycles. The minimum absolute atomic E-state index is 0.371. The van der Waals surface area contributed by atoms with Gasteiger partial charge in [0.05, 0.1) is 33.4 Å². The fourth-order valence-electron chi connectivity index (χ4n) is 12.2. The Balaban J connectivity index is 1.06. The highest BCUT2D eigenvalue weighted by atomic mass is 15.1. The van der Waals surface area contributed by atoms with Crippen molar-refractivity contribution in [3.05, 3.63) is 229 Å². The molecule has 13 aromatic rings. The van der Waals surface area contributed by atoms with E-state index >= 15 is 0 Å². The Morgan fingerprint density at radius 1 is 0.297 bits per heavy atom. The molecule has 0 unspecified atom stereocenters. The smallest absolute Gasteiger partial charge is 0.164 e. The van der Waals surface area contributed by atoms with Gasteiger partial charge >= 0.3 is 0 Å². The summed E-state index contributed by atoms with van der Waals surface area (Å²) in [6.45, 7) is 9.54. The molecule has 0 fully saturated rings. The third-order valence-corrected chi connectivity index (χ3v) is 15.7. The highest BCUT2D eigenvalue weighted by Crippen LogP contribution is 2.56. The Morgan fingerprint density at radius 2 is 0.703 bits per heavy atom. The molecule has 8 heteroatoms. The van der Waals surface area contributed by atoms with Gasteiger partial charge in [0, 0.05) is 65.8 Å². The first-order valence-corrected chi connectivity index (χ1v) is 25.3. The van der Waals surface area contributed by atoms with Gasteiger partial charge in [-0.3, -0.25) is 0 Å². The van der Waals surface area contributed by atoms with Gasteiger partial charge in [0.15, 0.2) is 34.9 Å². The Morgan fingerprint density at radius 3 is 1.20 bits per heavy atom. The van der Waals surface area contributed by atoms with Crippen LogP contribution in [0.4, 0.5) is 0 Å². The molecule has 4 aromatic heterocycles. The van der Waals surface area contributed by atoms with E-state index in [1.165, 1.54) is 60.8 Å². The molecule has 0 aliphatic carbocycles. The second-order valence-electron chi connectivity index (χ2n) is 20.7. The van der Waals surface area contributed by atoms with E-state index in [2.05, 4.69) is 170 Å². The molecule has 0 bridgehead atoms. The highest BCUT2D eigenvalue weighted by Gasteiger charge is 2.41. The van der Waals surface area contributed by atoms with E-state index in [4.69, 9.17) is 29.9 Å². The first kappa shape index (κ1) is 42.3. The van der Waals surface area contributed by atoms with Crippen LogP contribution in [0.2, 0.25) is 0 Å². The lowest BCUT2D eigenvalue weighted by molar-refractivity contribution is 0.630. The molecule has 0 amide bonds. The molecular formula is C66H46N8. The Kier molecular flexibility index (Phi) is 8.89. The molecule has 0 atom stereocenters. The van der Waals surface area contributed by atoms with Crippen molar-refractivity contribution >= 4 is 43.6 Å². The zero-order valence-electron chi connectivity index (χ0n) is 41.2. The number of benzene rings is 9. The summed E-state index contributed by atoms with van der Waals surface area (Å²) in [5.74, 6) is 3.80. The predicted molar refractivity (Wildman–Crippen MR) is 299 cm³/mol. The predicted octanol–water partition coefficient (Wildman–Crippen LogP) is 15.5. The van der Waals surface area contributed by atoms with Gasteiger partial charge in [0.2, 0.25) is 0 Å². The summed E-state index contributed by atoms with van der Waals surface area (Å²) in [4.78, 5) is 31.1.